The van der Waals surface area contributed by atoms with Gasteiger partial charge in [0, 0.05) is 39.8 Å². The molecule has 0 atom stereocenters. The first-order valence-electron chi connectivity index (χ1n) is 7.08. The van der Waals surface area contributed by atoms with E-state index in [1.165, 1.54) is 6.42 Å². The molecule has 0 aliphatic rings. The van der Waals surface area contributed by atoms with Crippen LogP contribution in [0.4, 0.5) is 11.6 Å². The normalized spacial score (nSPS) is 10.5. The van der Waals surface area contributed by atoms with Crippen molar-refractivity contribution in [2.75, 3.05) is 37.9 Å². The van der Waals surface area contributed by atoms with Gasteiger partial charge in [-0.15, -0.1) is 0 Å². The molecule has 2 N–H and O–H groups in total. The van der Waals surface area contributed by atoms with Gasteiger partial charge in [0.25, 0.3) is 0 Å². The molecule has 5 nitrogen and oxygen atoms in total. The lowest BCUT2D eigenvalue weighted by molar-refractivity contribution is 0.192. The van der Waals surface area contributed by atoms with Crippen molar-refractivity contribution in [3.8, 4) is 0 Å². The third-order valence-electron chi connectivity index (χ3n) is 2.83. The Hall–Kier alpha value is -1.36. The third kappa shape index (κ3) is 6.38. The fraction of sp³-hybridized carbons (Fsp3) is 0.714. The van der Waals surface area contributed by atoms with E-state index >= 15 is 0 Å². The zero-order valence-electron chi connectivity index (χ0n) is 12.3. The van der Waals surface area contributed by atoms with Gasteiger partial charge in [-0.3, -0.25) is 0 Å². The molecule has 0 aliphatic carbocycles. The van der Waals surface area contributed by atoms with Gasteiger partial charge in [0.15, 0.2) is 0 Å². The number of methoxy groups -OCH3 is 1. The highest BCUT2D eigenvalue weighted by molar-refractivity contribution is 5.47. The van der Waals surface area contributed by atoms with Crippen LogP contribution in [0.5, 0.6) is 0 Å². The summed E-state index contributed by atoms with van der Waals surface area (Å²) in [7, 11) is 3.63. The van der Waals surface area contributed by atoms with E-state index in [-0.39, 0.29) is 0 Å². The number of rotatable bonds is 10. The third-order valence-corrected chi connectivity index (χ3v) is 2.83. The van der Waals surface area contributed by atoms with Crippen molar-refractivity contribution >= 4 is 11.6 Å². The van der Waals surface area contributed by atoms with Gasteiger partial charge >= 0.3 is 0 Å². The Balaban J connectivity index is 2.41. The molecule has 0 bridgehead atoms. The van der Waals surface area contributed by atoms with E-state index in [1.807, 2.05) is 13.1 Å². The lowest BCUT2D eigenvalue weighted by Crippen LogP contribution is -2.08. The number of hydrogen-bond acceptors (Lipinski definition) is 5. The van der Waals surface area contributed by atoms with Gasteiger partial charge in [-0.05, 0) is 25.7 Å². The average Bonchev–Trinajstić information content (AvgIpc) is 2.43. The van der Waals surface area contributed by atoms with Gasteiger partial charge in [-0.1, -0.05) is 6.92 Å². The number of ether oxygens (including phenoxy) is 1. The lowest BCUT2D eigenvalue weighted by atomic mass is 10.2. The first kappa shape index (κ1) is 15.7. The number of aromatic nitrogens is 2. The van der Waals surface area contributed by atoms with E-state index in [0.717, 1.165) is 56.3 Å². The van der Waals surface area contributed by atoms with Crippen LogP contribution in [0.1, 0.15) is 38.4 Å². The number of hydrogen-bond donors (Lipinski definition) is 2. The standard InChI is InChI=1S/C14H26N4O/c1-4-8-12-17-13(15-2)11-14(18-12)16-9-6-5-7-10-19-3/h11H,4-10H2,1-3H3,(H2,15,16,17,18). The molecule has 5 heteroatoms. The van der Waals surface area contributed by atoms with Crippen LogP contribution in [-0.4, -0.2) is 37.3 Å². The zero-order chi connectivity index (χ0) is 13.9. The maximum absolute atomic E-state index is 5.03. The molecule has 0 saturated heterocycles. The summed E-state index contributed by atoms with van der Waals surface area (Å²) in [5.41, 5.74) is 0. The Morgan fingerprint density at radius 1 is 1.16 bits per heavy atom. The summed E-state index contributed by atoms with van der Waals surface area (Å²) >= 11 is 0. The first-order chi connectivity index (χ1) is 9.30. The summed E-state index contributed by atoms with van der Waals surface area (Å²) in [5, 5.41) is 6.44. The molecule has 1 heterocycles. The molecule has 0 radical (unpaired) electrons. The topological polar surface area (TPSA) is 59.1 Å². The molecular formula is C14H26N4O. The summed E-state index contributed by atoms with van der Waals surface area (Å²) in [6.45, 7) is 3.92. The van der Waals surface area contributed by atoms with E-state index in [2.05, 4.69) is 27.5 Å². The Kier molecular flexibility index (Phi) is 7.89. The van der Waals surface area contributed by atoms with E-state index < -0.39 is 0 Å². The lowest BCUT2D eigenvalue weighted by Gasteiger charge is -2.09. The van der Waals surface area contributed by atoms with Crippen molar-refractivity contribution in [3.63, 3.8) is 0 Å². The zero-order valence-corrected chi connectivity index (χ0v) is 12.3. The molecule has 1 aromatic heterocycles. The highest BCUT2D eigenvalue weighted by Crippen LogP contribution is 2.12. The molecule has 19 heavy (non-hydrogen) atoms. The van der Waals surface area contributed by atoms with Gasteiger partial charge in [0.1, 0.15) is 17.5 Å². The van der Waals surface area contributed by atoms with Crippen LogP contribution in [0.25, 0.3) is 0 Å². The van der Waals surface area contributed by atoms with Crippen LogP contribution < -0.4 is 10.6 Å². The van der Waals surface area contributed by atoms with Crippen LogP contribution in [-0.2, 0) is 11.2 Å². The molecule has 108 valence electrons. The minimum absolute atomic E-state index is 0.845. The number of nitrogens with one attached hydrogen (secondary N) is 2. The molecule has 0 aromatic carbocycles. The fourth-order valence-electron chi connectivity index (χ4n) is 1.82. The second kappa shape index (κ2) is 9.55. The SMILES string of the molecule is CCCc1nc(NC)cc(NCCCCCOC)n1. The van der Waals surface area contributed by atoms with Gasteiger partial charge in [0.05, 0.1) is 0 Å². The van der Waals surface area contributed by atoms with Gasteiger partial charge in [-0.25, -0.2) is 9.97 Å². The maximum atomic E-state index is 5.03. The second-order valence-electron chi connectivity index (χ2n) is 4.53. The van der Waals surface area contributed by atoms with E-state index in [0.29, 0.717) is 0 Å². The monoisotopic (exact) mass is 266 g/mol. The molecule has 1 rings (SSSR count). The average molecular weight is 266 g/mol. The largest absolute Gasteiger partial charge is 0.385 e. The number of unbranched alkanes of at least 4 members (excludes halogenated alkanes) is 2. The van der Waals surface area contributed by atoms with Gasteiger partial charge in [-0.2, -0.15) is 0 Å². The van der Waals surface area contributed by atoms with Crippen LogP contribution >= 0.6 is 0 Å². The summed E-state index contributed by atoms with van der Waals surface area (Å²) < 4.78 is 5.03. The highest BCUT2D eigenvalue weighted by atomic mass is 16.5. The van der Waals surface area contributed by atoms with Crippen molar-refractivity contribution in [1.29, 1.82) is 0 Å². The van der Waals surface area contributed by atoms with E-state index in [4.69, 9.17) is 4.74 Å². The predicted molar refractivity (Wildman–Crippen MR) is 79.8 cm³/mol. The predicted octanol–water partition coefficient (Wildman–Crippen LogP) is 2.70. The van der Waals surface area contributed by atoms with Crippen molar-refractivity contribution in [3.05, 3.63) is 11.9 Å². The number of anilines is 2. The molecule has 0 unspecified atom stereocenters. The second-order valence-corrected chi connectivity index (χ2v) is 4.53. The van der Waals surface area contributed by atoms with E-state index in [9.17, 15) is 0 Å². The quantitative estimate of drug-likeness (QED) is 0.638. The van der Waals surface area contributed by atoms with Gasteiger partial charge < -0.3 is 15.4 Å². The number of nitrogens with zero attached hydrogens (tertiary/aromatic N) is 2. The molecule has 1 aromatic rings. The Morgan fingerprint density at radius 2 is 1.95 bits per heavy atom. The van der Waals surface area contributed by atoms with Crippen LogP contribution in [0, 0.1) is 0 Å². The fourth-order valence-corrected chi connectivity index (χ4v) is 1.82. The maximum Gasteiger partial charge on any atom is 0.133 e. The molecule has 0 fully saturated rings. The highest BCUT2D eigenvalue weighted by Gasteiger charge is 2.02. The molecule has 0 amide bonds. The smallest absolute Gasteiger partial charge is 0.133 e. The molecule has 0 aliphatic heterocycles. The summed E-state index contributed by atoms with van der Waals surface area (Å²) in [4.78, 5) is 8.95. The molecule has 0 spiro atoms. The summed E-state index contributed by atoms with van der Waals surface area (Å²) in [5.74, 6) is 2.69. The minimum Gasteiger partial charge on any atom is -0.385 e. The van der Waals surface area contributed by atoms with Crippen molar-refractivity contribution < 1.29 is 4.74 Å². The van der Waals surface area contributed by atoms with Crippen LogP contribution in [0.3, 0.4) is 0 Å². The van der Waals surface area contributed by atoms with Crippen molar-refractivity contribution in [2.24, 2.45) is 0 Å². The Labute approximate surface area is 116 Å². The van der Waals surface area contributed by atoms with Crippen LogP contribution in [0.2, 0.25) is 0 Å². The first-order valence-corrected chi connectivity index (χ1v) is 7.08. The summed E-state index contributed by atoms with van der Waals surface area (Å²) in [6, 6.07) is 1.95. The molecular weight excluding hydrogens is 240 g/mol. The Bertz CT molecular complexity index is 357. The van der Waals surface area contributed by atoms with Crippen molar-refractivity contribution in [2.45, 2.75) is 39.0 Å². The Morgan fingerprint density at radius 3 is 2.63 bits per heavy atom. The summed E-state index contributed by atoms with van der Waals surface area (Å²) in [6.07, 6.45) is 5.39. The van der Waals surface area contributed by atoms with Crippen LogP contribution in [0.15, 0.2) is 6.07 Å². The minimum atomic E-state index is 0.845. The van der Waals surface area contributed by atoms with E-state index in [1.54, 1.807) is 7.11 Å². The molecule has 0 saturated carbocycles. The number of aryl methyl sites for hydroxylation is 1. The van der Waals surface area contributed by atoms with Gasteiger partial charge in [0.2, 0.25) is 0 Å². The van der Waals surface area contributed by atoms with Crippen molar-refractivity contribution in [1.82, 2.24) is 9.97 Å².